The fourth-order valence-electron chi connectivity index (χ4n) is 0.387. The molecule has 9 heavy (non-hydrogen) atoms. The Kier molecular flexibility index (Phi) is 3.35. The Bertz CT molecular complexity index is 152. The Morgan fingerprint density at radius 2 is 2.11 bits per heavy atom. The zero-order valence-electron chi connectivity index (χ0n) is 4.54. The lowest BCUT2D eigenvalue weighted by molar-refractivity contribution is 1.34. The van der Waals surface area contributed by atoms with Gasteiger partial charge in [-0.2, -0.15) is 0 Å². The number of anilines is 1. The van der Waals surface area contributed by atoms with Crippen LogP contribution in [0.4, 0.5) is 5.82 Å². The number of nitrogens with two attached hydrogens (primary N) is 1. The van der Waals surface area contributed by atoms with Crippen LogP contribution in [0.1, 0.15) is 0 Å². The Morgan fingerprint density at radius 3 is 2.44 bits per heavy atom. The zero-order chi connectivity index (χ0) is 5.98. The molecule has 2 nitrogen and oxygen atoms in total. The first-order chi connectivity index (χ1) is 3.79. The minimum Gasteiger partial charge on any atom is -0.384 e. The van der Waals surface area contributed by atoms with Gasteiger partial charge in [0.15, 0.2) is 0 Å². The fraction of sp³-hybridized carbons (Fsp3) is 0. The Morgan fingerprint density at radius 1 is 1.44 bits per heavy atom. The summed E-state index contributed by atoms with van der Waals surface area (Å²) >= 11 is 5.49. The summed E-state index contributed by atoms with van der Waals surface area (Å²) < 4.78 is 0. The molecule has 0 aliphatic heterocycles. The van der Waals surface area contributed by atoms with E-state index in [0.717, 1.165) is 0 Å². The van der Waals surface area contributed by atoms with Crippen molar-refractivity contribution in [3.05, 3.63) is 23.4 Å². The molecule has 4 heteroatoms. The SMILES string of the molecule is Cl.Nc1ccc(Cl)cn1. The first-order valence-corrected chi connectivity index (χ1v) is 2.54. The minimum atomic E-state index is 0. The van der Waals surface area contributed by atoms with Crippen LogP contribution < -0.4 is 5.73 Å². The molecule has 0 fully saturated rings. The molecule has 0 radical (unpaired) electrons. The maximum absolute atomic E-state index is 5.49. The highest BCUT2D eigenvalue weighted by Crippen LogP contribution is 2.05. The quantitative estimate of drug-likeness (QED) is 0.635. The van der Waals surface area contributed by atoms with Gasteiger partial charge in [-0.1, -0.05) is 11.6 Å². The van der Waals surface area contributed by atoms with Crippen molar-refractivity contribution in [1.29, 1.82) is 0 Å². The van der Waals surface area contributed by atoms with Crippen molar-refractivity contribution in [3.63, 3.8) is 0 Å². The summed E-state index contributed by atoms with van der Waals surface area (Å²) in [6.07, 6.45) is 1.51. The Hall–Kier alpha value is -0.470. The van der Waals surface area contributed by atoms with Gasteiger partial charge in [0.1, 0.15) is 5.82 Å². The molecule has 0 amide bonds. The third-order valence-electron chi connectivity index (χ3n) is 0.750. The molecule has 0 aromatic carbocycles. The van der Waals surface area contributed by atoms with Crippen LogP contribution in [0.25, 0.3) is 0 Å². The number of pyridine rings is 1. The number of halogens is 2. The van der Waals surface area contributed by atoms with E-state index in [9.17, 15) is 0 Å². The molecule has 0 saturated heterocycles. The summed E-state index contributed by atoms with van der Waals surface area (Å²) in [6, 6.07) is 3.35. The first kappa shape index (κ1) is 8.53. The fourth-order valence-corrected chi connectivity index (χ4v) is 0.499. The molecule has 0 aliphatic carbocycles. The Balaban J connectivity index is 0.000000640. The second-order valence-corrected chi connectivity index (χ2v) is 1.84. The predicted molar refractivity (Wildman–Crippen MR) is 40.9 cm³/mol. The summed E-state index contributed by atoms with van der Waals surface area (Å²) in [5.41, 5.74) is 5.26. The highest BCUT2D eigenvalue weighted by molar-refractivity contribution is 6.30. The summed E-state index contributed by atoms with van der Waals surface area (Å²) in [7, 11) is 0. The van der Waals surface area contributed by atoms with E-state index in [2.05, 4.69) is 4.98 Å². The van der Waals surface area contributed by atoms with Gasteiger partial charge < -0.3 is 5.73 Å². The van der Waals surface area contributed by atoms with E-state index in [-0.39, 0.29) is 12.4 Å². The third-order valence-corrected chi connectivity index (χ3v) is 0.974. The maximum atomic E-state index is 5.49. The third kappa shape index (κ3) is 2.54. The van der Waals surface area contributed by atoms with Gasteiger partial charge in [0.2, 0.25) is 0 Å². The van der Waals surface area contributed by atoms with E-state index < -0.39 is 0 Å². The topological polar surface area (TPSA) is 38.9 Å². The van der Waals surface area contributed by atoms with Gasteiger partial charge in [0, 0.05) is 6.20 Å². The molecule has 2 N–H and O–H groups in total. The van der Waals surface area contributed by atoms with Gasteiger partial charge >= 0.3 is 0 Å². The van der Waals surface area contributed by atoms with Crippen molar-refractivity contribution in [2.45, 2.75) is 0 Å². The van der Waals surface area contributed by atoms with Gasteiger partial charge in [-0.3, -0.25) is 0 Å². The van der Waals surface area contributed by atoms with Gasteiger partial charge in [-0.05, 0) is 12.1 Å². The summed E-state index contributed by atoms with van der Waals surface area (Å²) in [6.45, 7) is 0. The summed E-state index contributed by atoms with van der Waals surface area (Å²) in [5.74, 6) is 0.495. The van der Waals surface area contributed by atoms with Gasteiger partial charge in [0.05, 0.1) is 5.02 Å². The second kappa shape index (κ2) is 3.54. The van der Waals surface area contributed by atoms with E-state index in [4.69, 9.17) is 17.3 Å². The largest absolute Gasteiger partial charge is 0.384 e. The summed E-state index contributed by atoms with van der Waals surface area (Å²) in [4.78, 5) is 3.72. The smallest absolute Gasteiger partial charge is 0.123 e. The molecule has 50 valence electrons. The number of aromatic nitrogens is 1. The van der Waals surface area contributed by atoms with Crippen LogP contribution in [0.3, 0.4) is 0 Å². The molecule has 1 aromatic rings. The average Bonchev–Trinajstić information content (AvgIpc) is 1.77. The average molecular weight is 165 g/mol. The standard InChI is InChI=1S/C5H5ClN2.ClH/c6-4-1-2-5(7)8-3-4;/h1-3H,(H2,7,8);1H. The van der Waals surface area contributed by atoms with E-state index >= 15 is 0 Å². The lowest BCUT2D eigenvalue weighted by Gasteiger charge is -1.87. The normalized spacial score (nSPS) is 8.11. The van der Waals surface area contributed by atoms with Crippen LogP contribution in [0.15, 0.2) is 18.3 Å². The minimum absolute atomic E-state index is 0. The monoisotopic (exact) mass is 164 g/mol. The van der Waals surface area contributed by atoms with Crippen molar-refractivity contribution in [1.82, 2.24) is 4.98 Å². The number of hydrogen-bond acceptors (Lipinski definition) is 2. The summed E-state index contributed by atoms with van der Waals surface area (Å²) in [5, 5.41) is 0.610. The van der Waals surface area contributed by atoms with E-state index in [1.807, 2.05) is 0 Å². The van der Waals surface area contributed by atoms with Crippen LogP contribution in [-0.4, -0.2) is 4.98 Å². The van der Waals surface area contributed by atoms with Crippen LogP contribution >= 0.6 is 24.0 Å². The molecule has 0 atom stereocenters. The van der Waals surface area contributed by atoms with E-state index in [0.29, 0.717) is 10.8 Å². The van der Waals surface area contributed by atoms with Crippen molar-refractivity contribution in [2.75, 3.05) is 5.73 Å². The van der Waals surface area contributed by atoms with Gasteiger partial charge in [-0.15, -0.1) is 12.4 Å². The van der Waals surface area contributed by atoms with Crippen molar-refractivity contribution in [2.24, 2.45) is 0 Å². The van der Waals surface area contributed by atoms with Crippen molar-refractivity contribution >= 4 is 29.8 Å². The van der Waals surface area contributed by atoms with Crippen LogP contribution in [0, 0.1) is 0 Å². The highest BCUT2D eigenvalue weighted by Gasteiger charge is 1.83. The lowest BCUT2D eigenvalue weighted by atomic mass is 10.5. The molecule has 0 unspecified atom stereocenters. The molecule has 0 saturated carbocycles. The zero-order valence-corrected chi connectivity index (χ0v) is 6.12. The van der Waals surface area contributed by atoms with Crippen LogP contribution in [-0.2, 0) is 0 Å². The number of nitrogen functional groups attached to an aromatic ring is 1. The molecule has 1 rings (SSSR count). The second-order valence-electron chi connectivity index (χ2n) is 1.40. The van der Waals surface area contributed by atoms with E-state index in [1.165, 1.54) is 6.20 Å². The first-order valence-electron chi connectivity index (χ1n) is 2.16. The van der Waals surface area contributed by atoms with Crippen LogP contribution in [0.2, 0.25) is 5.02 Å². The highest BCUT2D eigenvalue weighted by atomic mass is 35.5. The van der Waals surface area contributed by atoms with Gasteiger partial charge in [-0.25, -0.2) is 4.98 Å². The number of hydrogen-bond donors (Lipinski definition) is 1. The maximum Gasteiger partial charge on any atom is 0.123 e. The van der Waals surface area contributed by atoms with Gasteiger partial charge in [0.25, 0.3) is 0 Å². The predicted octanol–water partition coefficient (Wildman–Crippen LogP) is 1.74. The molecule has 0 bridgehead atoms. The number of rotatable bonds is 0. The Labute approximate surface area is 64.4 Å². The van der Waals surface area contributed by atoms with Crippen molar-refractivity contribution in [3.8, 4) is 0 Å². The van der Waals surface area contributed by atoms with Crippen molar-refractivity contribution < 1.29 is 0 Å². The molecule has 0 aliphatic rings. The molecular formula is C5H6Cl2N2. The van der Waals surface area contributed by atoms with E-state index in [1.54, 1.807) is 12.1 Å². The molecule has 1 heterocycles. The molecular weight excluding hydrogens is 159 g/mol. The molecule has 0 spiro atoms. The number of nitrogens with zero attached hydrogens (tertiary/aromatic N) is 1. The molecule has 1 aromatic heterocycles. The van der Waals surface area contributed by atoms with Crippen LogP contribution in [0.5, 0.6) is 0 Å². The lowest BCUT2D eigenvalue weighted by Crippen LogP contribution is -1.86.